The topological polar surface area (TPSA) is 89.6 Å². The van der Waals surface area contributed by atoms with Crippen molar-refractivity contribution < 1.29 is 14.6 Å². The van der Waals surface area contributed by atoms with Crippen LogP contribution in [0.25, 0.3) is 11.0 Å². The van der Waals surface area contributed by atoms with Crippen LogP contribution in [0.1, 0.15) is 29.9 Å². The molecule has 7 nitrogen and oxygen atoms in total. The van der Waals surface area contributed by atoms with E-state index in [2.05, 4.69) is 28.4 Å². The molecule has 25 heavy (non-hydrogen) atoms. The maximum Gasteiger partial charge on any atom is 0.358 e. The number of hydrogen-bond acceptors (Lipinski definition) is 5. The maximum absolute atomic E-state index is 11.6. The van der Waals surface area contributed by atoms with Gasteiger partial charge in [-0.05, 0) is 25.8 Å². The molecule has 0 saturated carbocycles. The van der Waals surface area contributed by atoms with Crippen molar-refractivity contribution in [3.8, 4) is 5.88 Å². The number of methoxy groups -OCH3 is 1. The number of aromatic carboxylic acids is 1. The molecule has 2 aromatic heterocycles. The van der Waals surface area contributed by atoms with Crippen LogP contribution in [-0.2, 0) is 0 Å². The zero-order chi connectivity index (χ0) is 18.6. The highest BCUT2D eigenvalue weighted by atomic mass is 35.5. The summed E-state index contributed by atoms with van der Waals surface area (Å²) in [6.07, 6.45) is 3.75. The van der Waals surface area contributed by atoms with E-state index in [9.17, 15) is 9.90 Å². The molecule has 0 aromatic carbocycles. The number of ether oxygens (including phenoxy) is 1. The number of nitrogens with zero attached hydrogens (tertiary/aromatic N) is 4. The SMILES string of the molecule is C=C/C=C(\C[C@H](C(C)Cl)n1nc(C(=O)O)c2nc(OC)ccc21)N=C. The van der Waals surface area contributed by atoms with Gasteiger partial charge in [-0.2, -0.15) is 5.10 Å². The van der Waals surface area contributed by atoms with Gasteiger partial charge in [-0.25, -0.2) is 9.78 Å². The minimum atomic E-state index is -1.17. The Hall–Kier alpha value is -2.67. The summed E-state index contributed by atoms with van der Waals surface area (Å²) >= 11 is 6.36. The summed E-state index contributed by atoms with van der Waals surface area (Å²) in [5.41, 5.74) is 1.32. The zero-order valence-electron chi connectivity index (χ0n) is 14.0. The minimum Gasteiger partial charge on any atom is -0.481 e. The third kappa shape index (κ3) is 3.88. The van der Waals surface area contributed by atoms with E-state index in [4.69, 9.17) is 16.3 Å². The largest absolute Gasteiger partial charge is 0.481 e. The van der Waals surface area contributed by atoms with Gasteiger partial charge < -0.3 is 9.84 Å². The van der Waals surface area contributed by atoms with Gasteiger partial charge in [0.2, 0.25) is 5.88 Å². The Labute approximate surface area is 150 Å². The van der Waals surface area contributed by atoms with Gasteiger partial charge in [0.25, 0.3) is 0 Å². The van der Waals surface area contributed by atoms with Crippen molar-refractivity contribution in [1.82, 2.24) is 14.8 Å². The van der Waals surface area contributed by atoms with Crippen LogP contribution >= 0.6 is 11.6 Å². The number of allylic oxidation sites excluding steroid dienone is 3. The fraction of sp³-hybridized carbons (Fsp3) is 0.294. The molecule has 2 heterocycles. The molecule has 1 unspecified atom stereocenters. The van der Waals surface area contributed by atoms with E-state index in [0.29, 0.717) is 23.5 Å². The Balaban J connectivity index is 2.63. The molecule has 0 fully saturated rings. The number of aromatic nitrogens is 3. The summed E-state index contributed by atoms with van der Waals surface area (Å²) in [6, 6.07) is 3.02. The predicted octanol–water partition coefficient (Wildman–Crippen LogP) is 3.47. The number of alkyl halides is 1. The first-order valence-electron chi connectivity index (χ1n) is 7.51. The number of carboxylic acid groups (broad SMARTS) is 1. The number of pyridine rings is 1. The zero-order valence-corrected chi connectivity index (χ0v) is 14.8. The first kappa shape index (κ1) is 18.7. The summed E-state index contributed by atoms with van der Waals surface area (Å²) in [4.78, 5) is 19.7. The van der Waals surface area contributed by atoms with Crippen molar-refractivity contribution in [2.24, 2.45) is 4.99 Å². The minimum absolute atomic E-state index is 0.156. The van der Waals surface area contributed by atoms with Gasteiger partial charge in [-0.1, -0.05) is 12.7 Å². The van der Waals surface area contributed by atoms with Gasteiger partial charge in [0, 0.05) is 18.2 Å². The number of halogens is 1. The molecule has 0 saturated heterocycles. The Morgan fingerprint density at radius 2 is 2.28 bits per heavy atom. The number of carboxylic acids is 1. The lowest BCUT2D eigenvalue weighted by atomic mass is 10.1. The van der Waals surface area contributed by atoms with E-state index in [1.807, 2.05) is 6.92 Å². The average molecular weight is 363 g/mol. The highest BCUT2D eigenvalue weighted by Gasteiger charge is 2.26. The lowest BCUT2D eigenvalue weighted by Crippen LogP contribution is -2.20. The number of carbonyl (C=O) groups is 1. The van der Waals surface area contributed by atoms with E-state index in [-0.39, 0.29) is 22.6 Å². The van der Waals surface area contributed by atoms with Crippen molar-refractivity contribution in [1.29, 1.82) is 0 Å². The molecule has 0 radical (unpaired) electrons. The first-order valence-corrected chi connectivity index (χ1v) is 7.95. The molecule has 0 aliphatic carbocycles. The molecule has 0 aliphatic rings. The van der Waals surface area contributed by atoms with Crippen molar-refractivity contribution >= 4 is 35.3 Å². The number of fused-ring (bicyclic) bond motifs is 1. The molecule has 0 bridgehead atoms. The second kappa shape index (κ2) is 7.94. The van der Waals surface area contributed by atoms with Crippen molar-refractivity contribution in [3.05, 3.63) is 42.3 Å². The lowest BCUT2D eigenvalue weighted by Gasteiger charge is -2.21. The molecule has 132 valence electrons. The molecule has 1 N–H and O–H groups in total. The van der Waals surface area contributed by atoms with Crippen molar-refractivity contribution in [2.75, 3.05) is 7.11 Å². The third-order valence-electron chi connectivity index (χ3n) is 3.71. The molecule has 2 atom stereocenters. The van der Waals surface area contributed by atoms with Gasteiger partial charge in [0.15, 0.2) is 5.69 Å². The molecular formula is C17H19ClN4O3. The summed E-state index contributed by atoms with van der Waals surface area (Å²) in [5.74, 6) is -0.862. The van der Waals surface area contributed by atoms with Crippen LogP contribution in [-0.4, -0.2) is 45.0 Å². The van der Waals surface area contributed by atoms with E-state index in [0.717, 1.165) is 0 Å². The fourth-order valence-corrected chi connectivity index (χ4v) is 2.69. The van der Waals surface area contributed by atoms with Crippen LogP contribution in [0, 0.1) is 0 Å². The van der Waals surface area contributed by atoms with Gasteiger partial charge in [-0.3, -0.25) is 9.67 Å². The molecule has 2 rings (SSSR count). The molecule has 8 heteroatoms. The predicted molar refractivity (Wildman–Crippen MR) is 97.8 cm³/mol. The van der Waals surface area contributed by atoms with E-state index < -0.39 is 5.97 Å². The first-order chi connectivity index (χ1) is 11.9. The van der Waals surface area contributed by atoms with Crippen LogP contribution in [0.15, 0.2) is 41.6 Å². The Kier molecular flexibility index (Phi) is 5.93. The van der Waals surface area contributed by atoms with Crippen LogP contribution in [0.3, 0.4) is 0 Å². The Bertz CT molecular complexity index is 842. The summed E-state index contributed by atoms with van der Waals surface area (Å²) in [6.45, 7) is 9.00. The van der Waals surface area contributed by atoms with Crippen molar-refractivity contribution in [2.45, 2.75) is 24.8 Å². The second-order valence-electron chi connectivity index (χ2n) is 5.32. The molecule has 0 amide bonds. The Morgan fingerprint density at radius 1 is 1.56 bits per heavy atom. The quantitative estimate of drug-likeness (QED) is 0.441. The number of rotatable bonds is 8. The van der Waals surface area contributed by atoms with E-state index in [1.165, 1.54) is 7.11 Å². The van der Waals surface area contributed by atoms with Crippen LogP contribution in [0.2, 0.25) is 0 Å². The summed E-state index contributed by atoms with van der Waals surface area (Å²) in [5, 5.41) is 13.3. The van der Waals surface area contributed by atoms with Crippen LogP contribution < -0.4 is 4.74 Å². The fourth-order valence-electron chi connectivity index (χ4n) is 2.49. The highest BCUT2D eigenvalue weighted by Crippen LogP contribution is 2.30. The molecule has 2 aromatic rings. The van der Waals surface area contributed by atoms with Crippen LogP contribution in [0.5, 0.6) is 5.88 Å². The summed E-state index contributed by atoms with van der Waals surface area (Å²) in [7, 11) is 1.46. The average Bonchev–Trinajstić information content (AvgIpc) is 2.96. The normalized spacial score (nSPS) is 14.1. The van der Waals surface area contributed by atoms with Gasteiger partial charge >= 0.3 is 5.97 Å². The van der Waals surface area contributed by atoms with Gasteiger partial charge in [-0.15, -0.1) is 11.6 Å². The molecular weight excluding hydrogens is 344 g/mol. The lowest BCUT2D eigenvalue weighted by molar-refractivity contribution is 0.0691. The van der Waals surface area contributed by atoms with Gasteiger partial charge in [0.05, 0.1) is 24.0 Å². The summed E-state index contributed by atoms with van der Waals surface area (Å²) < 4.78 is 6.65. The maximum atomic E-state index is 11.6. The van der Waals surface area contributed by atoms with Crippen molar-refractivity contribution in [3.63, 3.8) is 0 Å². The van der Waals surface area contributed by atoms with E-state index in [1.54, 1.807) is 29.0 Å². The standard InChI is InChI=1S/C17H19ClN4O3/c1-5-6-11(19-3)9-13(10(2)18)22-12-7-8-14(25-4)20-15(12)16(21-22)17(23)24/h5-8,10,13H,1,3,9H2,2,4H3,(H,23,24)/b11-6+/t10?,13-/m1/s1. The highest BCUT2D eigenvalue weighted by molar-refractivity contribution is 6.20. The number of aliphatic imine (C=N–C) groups is 1. The van der Waals surface area contributed by atoms with E-state index >= 15 is 0 Å². The third-order valence-corrected chi connectivity index (χ3v) is 4.01. The number of hydrogen-bond donors (Lipinski definition) is 1. The second-order valence-corrected chi connectivity index (χ2v) is 6.01. The monoisotopic (exact) mass is 362 g/mol. The smallest absolute Gasteiger partial charge is 0.358 e. The van der Waals surface area contributed by atoms with Crippen LogP contribution in [0.4, 0.5) is 0 Å². The Morgan fingerprint density at radius 3 is 2.80 bits per heavy atom. The molecule has 0 aliphatic heterocycles. The molecule has 0 spiro atoms. The van der Waals surface area contributed by atoms with Gasteiger partial charge in [0.1, 0.15) is 5.52 Å².